The number of esters is 4. The highest BCUT2D eigenvalue weighted by Crippen LogP contribution is 2.45. The summed E-state index contributed by atoms with van der Waals surface area (Å²) in [7, 11) is -9.92. The third-order valence-electron chi connectivity index (χ3n) is 20.0. The van der Waals surface area contributed by atoms with Crippen molar-refractivity contribution in [2.24, 2.45) is 23.7 Å². The highest BCUT2D eigenvalue weighted by atomic mass is 31.2. The molecule has 0 heterocycles. The molecule has 0 rings (SSSR count). The van der Waals surface area contributed by atoms with Gasteiger partial charge >= 0.3 is 39.5 Å². The average molecular weight is 1490 g/mol. The summed E-state index contributed by atoms with van der Waals surface area (Å²) in [5, 5.41) is 10.6. The Morgan fingerprint density at radius 1 is 0.275 bits per heavy atom. The van der Waals surface area contributed by atoms with Gasteiger partial charge in [0.1, 0.15) is 19.3 Å². The standard InChI is InChI=1S/C83H162O17P2/c1-9-75(7)61-53-45-35-31-27-23-19-15-11-13-17-21-25-29-33-37-47-55-63-80(85)93-69-78(99-82(87)65-57-49-38-34-30-26-22-18-14-12-16-20-24-28-32-36-46-54-62-76(8)10-2)71-97-101(89,90)95-67-77(84)68-96-102(91,92)98-72-79(100-83(88)66-58-50-42-40-44-52-60-74(5)6)70-94-81(86)64-56-48-41-39-43-51-59-73(3)4/h73-79,84H,9-72H2,1-8H3,(H,89,90)(H,91,92)/t75?,76?,77-,78-,79-/m1/s1. The Balaban J connectivity index is 5.15. The molecular formula is C83H162O17P2. The van der Waals surface area contributed by atoms with Crippen molar-refractivity contribution in [3.8, 4) is 0 Å². The second kappa shape index (κ2) is 72.0. The zero-order chi connectivity index (χ0) is 75.3. The smallest absolute Gasteiger partial charge is 0.462 e. The van der Waals surface area contributed by atoms with Crippen LogP contribution in [0.5, 0.6) is 0 Å². The molecule has 0 aromatic heterocycles. The van der Waals surface area contributed by atoms with E-state index >= 15 is 0 Å². The molecular weight excluding hydrogens is 1330 g/mol. The maximum atomic E-state index is 13.1. The molecule has 0 fully saturated rings. The van der Waals surface area contributed by atoms with Crippen LogP contribution in [-0.4, -0.2) is 96.7 Å². The average Bonchev–Trinajstić information content (AvgIpc) is 0.925. The molecule has 0 aliphatic carbocycles. The molecule has 102 heavy (non-hydrogen) atoms. The molecule has 0 aliphatic rings. The van der Waals surface area contributed by atoms with Crippen LogP contribution in [-0.2, 0) is 65.4 Å². The summed E-state index contributed by atoms with van der Waals surface area (Å²) in [6.45, 7) is 14.2. The second-order valence-electron chi connectivity index (χ2n) is 31.3. The summed E-state index contributed by atoms with van der Waals surface area (Å²) in [6.07, 6.45) is 60.3. The minimum absolute atomic E-state index is 0.101. The zero-order valence-corrected chi connectivity index (χ0v) is 69.0. The van der Waals surface area contributed by atoms with E-state index in [1.807, 2.05) is 0 Å². The number of phosphoric acid groups is 2. The number of unbranched alkanes of at least 4 members (excludes halogenated alkanes) is 44. The quantitative estimate of drug-likeness (QED) is 0.0222. The van der Waals surface area contributed by atoms with Gasteiger partial charge in [-0.15, -0.1) is 0 Å². The van der Waals surface area contributed by atoms with Crippen LogP contribution in [0.2, 0.25) is 0 Å². The lowest BCUT2D eigenvalue weighted by Crippen LogP contribution is -2.30. The number of phosphoric ester groups is 2. The van der Waals surface area contributed by atoms with Crippen LogP contribution in [0.1, 0.15) is 428 Å². The fraction of sp³-hybridized carbons (Fsp3) is 0.952. The Morgan fingerprint density at radius 2 is 0.471 bits per heavy atom. The molecule has 17 nitrogen and oxygen atoms in total. The number of ether oxygens (including phenoxy) is 4. The van der Waals surface area contributed by atoms with Gasteiger partial charge in [0.05, 0.1) is 26.4 Å². The predicted octanol–water partition coefficient (Wildman–Crippen LogP) is 24.8. The van der Waals surface area contributed by atoms with Crippen molar-refractivity contribution in [2.45, 2.75) is 446 Å². The van der Waals surface area contributed by atoms with E-state index in [2.05, 4.69) is 55.4 Å². The van der Waals surface area contributed by atoms with Gasteiger partial charge in [0.15, 0.2) is 12.2 Å². The van der Waals surface area contributed by atoms with Gasteiger partial charge in [-0.2, -0.15) is 0 Å². The molecule has 19 heteroatoms. The van der Waals surface area contributed by atoms with Gasteiger partial charge in [-0.3, -0.25) is 37.3 Å². The predicted molar refractivity (Wildman–Crippen MR) is 418 cm³/mol. The Bertz CT molecular complexity index is 1990. The van der Waals surface area contributed by atoms with Gasteiger partial charge in [-0.05, 0) is 49.4 Å². The van der Waals surface area contributed by atoms with Gasteiger partial charge in [0.25, 0.3) is 0 Å². The van der Waals surface area contributed by atoms with Crippen molar-refractivity contribution in [2.75, 3.05) is 39.6 Å². The number of carbonyl (C=O) groups is 4. The largest absolute Gasteiger partial charge is 0.472 e. The summed E-state index contributed by atoms with van der Waals surface area (Å²) in [6, 6.07) is 0. The molecule has 0 radical (unpaired) electrons. The summed E-state index contributed by atoms with van der Waals surface area (Å²) < 4.78 is 68.6. The van der Waals surface area contributed by atoms with Crippen molar-refractivity contribution >= 4 is 39.5 Å². The van der Waals surface area contributed by atoms with Gasteiger partial charge in [-0.25, -0.2) is 9.13 Å². The highest BCUT2D eigenvalue weighted by molar-refractivity contribution is 7.47. The topological polar surface area (TPSA) is 237 Å². The number of rotatable bonds is 80. The summed E-state index contributed by atoms with van der Waals surface area (Å²) in [5.41, 5.74) is 0. The number of aliphatic hydroxyl groups is 1. The van der Waals surface area contributed by atoms with Gasteiger partial charge in [-0.1, -0.05) is 376 Å². The zero-order valence-electron chi connectivity index (χ0n) is 67.2. The van der Waals surface area contributed by atoms with E-state index in [1.165, 1.54) is 225 Å². The summed E-state index contributed by atoms with van der Waals surface area (Å²) in [4.78, 5) is 72.9. The first-order chi connectivity index (χ1) is 49.2. The number of hydrogen-bond acceptors (Lipinski definition) is 15. The van der Waals surface area contributed by atoms with E-state index < -0.39 is 97.5 Å². The lowest BCUT2D eigenvalue weighted by atomic mass is 9.99. The van der Waals surface area contributed by atoms with E-state index in [9.17, 15) is 43.2 Å². The van der Waals surface area contributed by atoms with Gasteiger partial charge in [0, 0.05) is 25.7 Å². The number of carbonyl (C=O) groups excluding carboxylic acids is 4. The van der Waals surface area contributed by atoms with E-state index in [1.54, 1.807) is 0 Å². The fourth-order valence-electron chi connectivity index (χ4n) is 12.7. The molecule has 0 saturated carbocycles. The molecule has 0 aliphatic heterocycles. The molecule has 4 unspecified atom stereocenters. The molecule has 3 N–H and O–H groups in total. The van der Waals surface area contributed by atoms with Crippen LogP contribution in [0.15, 0.2) is 0 Å². The van der Waals surface area contributed by atoms with E-state index in [-0.39, 0.29) is 25.7 Å². The van der Waals surface area contributed by atoms with E-state index in [4.69, 9.17) is 37.0 Å². The first-order valence-electron chi connectivity index (χ1n) is 42.8. The minimum atomic E-state index is -4.96. The lowest BCUT2D eigenvalue weighted by Gasteiger charge is -2.21. The Kier molecular flexibility index (Phi) is 70.6. The minimum Gasteiger partial charge on any atom is -0.462 e. The fourth-order valence-corrected chi connectivity index (χ4v) is 14.3. The van der Waals surface area contributed by atoms with Crippen molar-refractivity contribution in [1.29, 1.82) is 0 Å². The first kappa shape index (κ1) is 100. The second-order valence-corrected chi connectivity index (χ2v) is 34.2. The number of aliphatic hydroxyl groups excluding tert-OH is 1. The molecule has 0 amide bonds. The van der Waals surface area contributed by atoms with Crippen molar-refractivity contribution in [3.63, 3.8) is 0 Å². The van der Waals surface area contributed by atoms with Crippen LogP contribution >= 0.6 is 15.6 Å². The van der Waals surface area contributed by atoms with Crippen LogP contribution < -0.4 is 0 Å². The van der Waals surface area contributed by atoms with Crippen molar-refractivity contribution in [1.82, 2.24) is 0 Å². The Hall–Kier alpha value is -1.94. The maximum Gasteiger partial charge on any atom is 0.472 e. The Labute approximate surface area is 626 Å². The van der Waals surface area contributed by atoms with Crippen molar-refractivity contribution < 1.29 is 80.2 Å². The van der Waals surface area contributed by atoms with Crippen LogP contribution in [0.25, 0.3) is 0 Å². The van der Waals surface area contributed by atoms with Crippen LogP contribution in [0, 0.1) is 23.7 Å². The monoisotopic (exact) mass is 1490 g/mol. The van der Waals surface area contributed by atoms with Gasteiger partial charge < -0.3 is 33.8 Å². The number of hydrogen-bond donors (Lipinski definition) is 3. The lowest BCUT2D eigenvalue weighted by molar-refractivity contribution is -0.161. The van der Waals surface area contributed by atoms with Gasteiger partial charge in [0.2, 0.25) is 0 Å². The summed E-state index contributed by atoms with van der Waals surface area (Å²) in [5.74, 6) is 0.973. The first-order valence-corrected chi connectivity index (χ1v) is 45.8. The van der Waals surface area contributed by atoms with Crippen molar-refractivity contribution in [3.05, 3.63) is 0 Å². The molecule has 0 saturated heterocycles. The maximum absolute atomic E-state index is 13.1. The van der Waals surface area contributed by atoms with Crippen LogP contribution in [0.4, 0.5) is 0 Å². The normalized spacial score (nSPS) is 14.5. The SMILES string of the molecule is CCC(C)CCCCCCCCCCCCCCCCCCCCC(=O)OC[C@H](COP(=O)(O)OC[C@@H](O)COP(=O)(O)OC[C@@H](COC(=O)CCCCCCCCC(C)C)OC(=O)CCCCCCCCC(C)C)OC(=O)CCCCCCCCCCCCCCCCCCCCC(C)CC. The Morgan fingerprint density at radius 3 is 0.696 bits per heavy atom. The molecule has 0 spiro atoms. The third kappa shape index (κ3) is 73.6. The molecule has 0 aromatic carbocycles. The van der Waals surface area contributed by atoms with Crippen LogP contribution in [0.3, 0.4) is 0 Å². The highest BCUT2D eigenvalue weighted by Gasteiger charge is 2.30. The molecule has 606 valence electrons. The molecule has 0 aromatic rings. The third-order valence-corrected chi connectivity index (χ3v) is 21.9. The molecule has 7 atom stereocenters. The van der Waals surface area contributed by atoms with E-state index in [0.29, 0.717) is 37.5 Å². The molecule has 0 bridgehead atoms. The van der Waals surface area contributed by atoms with E-state index in [0.717, 1.165) is 108 Å². The summed E-state index contributed by atoms with van der Waals surface area (Å²) >= 11 is 0.